The molecule has 3 aliphatic rings. The third kappa shape index (κ3) is 3.70. The van der Waals surface area contributed by atoms with Crippen LogP contribution in [0.3, 0.4) is 0 Å². The largest absolute Gasteiger partial charge is 0.377 e. The van der Waals surface area contributed by atoms with Crippen LogP contribution >= 0.6 is 0 Å². The summed E-state index contributed by atoms with van der Waals surface area (Å²) in [7, 11) is 0. The molecule has 7 nitrogen and oxygen atoms in total. The van der Waals surface area contributed by atoms with Crippen molar-refractivity contribution >= 4 is 17.7 Å². The fraction of sp³-hybridized carbons (Fsp3) is 0.640. The van der Waals surface area contributed by atoms with E-state index in [1.54, 1.807) is 0 Å². The predicted molar refractivity (Wildman–Crippen MR) is 121 cm³/mol. The van der Waals surface area contributed by atoms with Gasteiger partial charge in [-0.1, -0.05) is 39.0 Å². The van der Waals surface area contributed by atoms with Gasteiger partial charge in [-0.3, -0.25) is 14.4 Å². The summed E-state index contributed by atoms with van der Waals surface area (Å²) >= 11 is 0. The number of amides is 3. The van der Waals surface area contributed by atoms with Gasteiger partial charge in [0.15, 0.2) is 0 Å². The van der Waals surface area contributed by atoms with Gasteiger partial charge in [0, 0.05) is 30.1 Å². The van der Waals surface area contributed by atoms with Crippen LogP contribution < -0.4 is 5.32 Å². The second-order valence-corrected chi connectivity index (χ2v) is 10.7. The van der Waals surface area contributed by atoms with Crippen LogP contribution in [-0.4, -0.2) is 71.4 Å². The lowest BCUT2D eigenvalue weighted by atomic mass is 9.66. The van der Waals surface area contributed by atoms with Gasteiger partial charge in [-0.05, 0) is 38.3 Å². The van der Waals surface area contributed by atoms with Crippen molar-refractivity contribution in [1.29, 1.82) is 0 Å². The minimum absolute atomic E-state index is 0.0133. The lowest BCUT2D eigenvalue weighted by Gasteiger charge is -2.57. The Morgan fingerprint density at radius 1 is 1.12 bits per heavy atom. The summed E-state index contributed by atoms with van der Waals surface area (Å²) in [6, 6.07) is 7.44. The fourth-order valence-corrected chi connectivity index (χ4v) is 5.54. The highest BCUT2D eigenvalue weighted by atomic mass is 16.5. The summed E-state index contributed by atoms with van der Waals surface area (Å²) in [5.74, 6) is -0.452. The summed E-state index contributed by atoms with van der Waals surface area (Å²) in [5.41, 5.74) is 0.272. The Labute approximate surface area is 190 Å². The first-order valence-corrected chi connectivity index (χ1v) is 11.7. The van der Waals surface area contributed by atoms with E-state index in [9.17, 15) is 14.4 Å². The number of hydrogen-bond donors (Lipinski definition) is 1. The van der Waals surface area contributed by atoms with Crippen LogP contribution in [0.25, 0.3) is 0 Å². The van der Waals surface area contributed by atoms with Gasteiger partial charge in [-0.25, -0.2) is 0 Å². The highest BCUT2D eigenvalue weighted by Gasteiger charge is 2.57. The summed E-state index contributed by atoms with van der Waals surface area (Å²) in [5, 5.41) is 3.15. The second-order valence-electron chi connectivity index (χ2n) is 10.7. The van der Waals surface area contributed by atoms with Crippen molar-refractivity contribution in [2.45, 2.75) is 71.0 Å². The number of hydrogen-bond acceptors (Lipinski definition) is 4. The van der Waals surface area contributed by atoms with E-state index in [0.717, 1.165) is 5.56 Å². The molecule has 1 aromatic carbocycles. The maximum Gasteiger partial charge on any atom is 0.254 e. The highest BCUT2D eigenvalue weighted by Crippen LogP contribution is 2.48. The van der Waals surface area contributed by atoms with Crippen LogP contribution in [0, 0.1) is 5.41 Å². The quantitative estimate of drug-likeness (QED) is 0.782. The Morgan fingerprint density at radius 2 is 1.75 bits per heavy atom. The van der Waals surface area contributed by atoms with Gasteiger partial charge in [0.25, 0.3) is 5.91 Å². The van der Waals surface area contributed by atoms with E-state index < -0.39 is 16.9 Å². The molecule has 1 N–H and O–H groups in total. The number of piperidine rings is 1. The fourth-order valence-electron chi connectivity index (χ4n) is 5.54. The van der Waals surface area contributed by atoms with Crippen LogP contribution in [0.15, 0.2) is 24.3 Å². The number of rotatable bonds is 3. The molecule has 32 heavy (non-hydrogen) atoms. The van der Waals surface area contributed by atoms with Crippen molar-refractivity contribution in [2.75, 3.05) is 26.3 Å². The summed E-state index contributed by atoms with van der Waals surface area (Å²) in [6.45, 7) is 11.9. The van der Waals surface area contributed by atoms with Crippen molar-refractivity contribution in [3.63, 3.8) is 0 Å². The molecule has 3 aliphatic heterocycles. The van der Waals surface area contributed by atoms with Gasteiger partial charge in [-0.15, -0.1) is 0 Å². The first-order chi connectivity index (χ1) is 15.1. The second kappa shape index (κ2) is 8.18. The minimum atomic E-state index is -0.664. The third-order valence-electron chi connectivity index (χ3n) is 7.06. The number of benzene rings is 1. The Kier molecular flexibility index (Phi) is 5.82. The van der Waals surface area contributed by atoms with Gasteiger partial charge >= 0.3 is 0 Å². The minimum Gasteiger partial charge on any atom is -0.377 e. The van der Waals surface area contributed by atoms with E-state index in [4.69, 9.17) is 4.74 Å². The maximum atomic E-state index is 13.7. The molecule has 4 rings (SSSR count). The number of nitrogens with zero attached hydrogens (tertiary/aromatic N) is 2. The van der Waals surface area contributed by atoms with E-state index in [0.29, 0.717) is 44.7 Å². The molecule has 0 bridgehead atoms. The zero-order valence-electron chi connectivity index (χ0n) is 19.8. The number of fused-ring (bicyclic) bond motifs is 1. The third-order valence-corrected chi connectivity index (χ3v) is 7.06. The molecule has 1 spiro atoms. The van der Waals surface area contributed by atoms with Crippen molar-refractivity contribution < 1.29 is 19.1 Å². The first-order valence-electron chi connectivity index (χ1n) is 11.7. The lowest BCUT2D eigenvalue weighted by Crippen LogP contribution is -2.68. The summed E-state index contributed by atoms with van der Waals surface area (Å²) in [6.07, 6.45) is 1.15. The lowest BCUT2D eigenvalue weighted by molar-refractivity contribution is -0.143. The molecule has 0 saturated carbocycles. The van der Waals surface area contributed by atoms with E-state index in [2.05, 4.69) is 5.32 Å². The van der Waals surface area contributed by atoms with Crippen molar-refractivity contribution in [3.8, 4) is 0 Å². The zero-order valence-corrected chi connectivity index (χ0v) is 19.8. The summed E-state index contributed by atoms with van der Waals surface area (Å²) in [4.78, 5) is 44.1. The average molecular weight is 442 g/mol. The smallest absolute Gasteiger partial charge is 0.254 e. The molecule has 3 amide bonds. The Morgan fingerprint density at radius 3 is 2.28 bits per heavy atom. The molecule has 1 aromatic rings. The van der Waals surface area contributed by atoms with Crippen molar-refractivity contribution in [2.24, 2.45) is 5.41 Å². The Bertz CT molecular complexity index is 908. The summed E-state index contributed by atoms with van der Waals surface area (Å²) < 4.78 is 5.25. The maximum absolute atomic E-state index is 13.7. The molecule has 2 saturated heterocycles. The van der Waals surface area contributed by atoms with E-state index in [1.165, 1.54) is 0 Å². The van der Waals surface area contributed by atoms with Gasteiger partial charge in [0.2, 0.25) is 11.8 Å². The molecule has 0 aliphatic carbocycles. The topological polar surface area (TPSA) is 79.0 Å². The van der Waals surface area contributed by atoms with Crippen LogP contribution in [0.4, 0.5) is 0 Å². The first kappa shape index (κ1) is 22.8. The van der Waals surface area contributed by atoms with Crippen LogP contribution in [0.1, 0.15) is 69.3 Å². The van der Waals surface area contributed by atoms with Gasteiger partial charge in [0.05, 0.1) is 30.7 Å². The molecule has 0 radical (unpaired) electrons. The van der Waals surface area contributed by atoms with Gasteiger partial charge < -0.3 is 19.9 Å². The predicted octanol–water partition coefficient (Wildman–Crippen LogP) is 2.56. The highest BCUT2D eigenvalue weighted by molar-refractivity contribution is 6.02. The molecule has 2 fully saturated rings. The monoisotopic (exact) mass is 441 g/mol. The average Bonchev–Trinajstić information content (AvgIpc) is 2.70. The SMILES string of the molecule is CC(C)N1C(=O)c2ccccc2C(C(=O)NC2COC2)C12CCN(C(=O)C(C)(C)C)CC2. The molecule has 0 aromatic heterocycles. The molecular weight excluding hydrogens is 406 g/mol. The van der Waals surface area contributed by atoms with Crippen LogP contribution in [0.5, 0.6) is 0 Å². The number of nitrogens with one attached hydrogen (secondary N) is 1. The van der Waals surface area contributed by atoms with E-state index in [1.807, 2.05) is 68.7 Å². The number of likely N-dealkylation sites (tertiary alicyclic amines) is 1. The van der Waals surface area contributed by atoms with Gasteiger partial charge in [-0.2, -0.15) is 0 Å². The molecule has 1 unspecified atom stereocenters. The molecule has 3 heterocycles. The Balaban J connectivity index is 1.75. The molecule has 1 atom stereocenters. The zero-order chi connectivity index (χ0) is 23.3. The van der Waals surface area contributed by atoms with E-state index >= 15 is 0 Å². The molecular formula is C25H35N3O4. The number of carbonyl (C=O) groups excluding carboxylic acids is 3. The Hall–Kier alpha value is -2.41. The number of ether oxygens (including phenoxy) is 1. The number of carbonyl (C=O) groups is 3. The van der Waals surface area contributed by atoms with Gasteiger partial charge in [0.1, 0.15) is 0 Å². The van der Waals surface area contributed by atoms with E-state index in [-0.39, 0.29) is 29.8 Å². The molecule has 7 heteroatoms. The van der Waals surface area contributed by atoms with Crippen LogP contribution in [-0.2, 0) is 14.3 Å². The molecule has 174 valence electrons. The standard InChI is InChI=1S/C25H35N3O4/c1-16(2)28-22(30)19-9-7-6-8-18(19)20(21(29)26-17-14-32-15-17)25(28)10-12-27(13-11-25)23(31)24(3,4)5/h6-9,16-17,20H,10-15H2,1-5H3,(H,26,29). The van der Waals surface area contributed by atoms with Crippen molar-refractivity contribution in [1.82, 2.24) is 15.1 Å². The normalized spacial score (nSPS) is 23.2. The van der Waals surface area contributed by atoms with Crippen LogP contribution in [0.2, 0.25) is 0 Å². The van der Waals surface area contributed by atoms with Crippen molar-refractivity contribution in [3.05, 3.63) is 35.4 Å².